The second-order valence-electron chi connectivity index (χ2n) is 22.4. The van der Waals surface area contributed by atoms with Crippen LogP contribution in [0, 0.1) is 11.8 Å². The van der Waals surface area contributed by atoms with Crippen molar-refractivity contribution in [2.45, 2.75) is 317 Å². The molecule has 0 aromatic rings. The zero-order valence-corrected chi connectivity index (χ0v) is 49.6. The molecule has 0 spiro atoms. The van der Waals surface area contributed by atoms with Gasteiger partial charge in [-0.15, -0.1) is 0 Å². The van der Waals surface area contributed by atoms with Gasteiger partial charge in [-0.2, -0.15) is 0 Å². The number of carbonyl (C=O) groups is 3. The fraction of sp³-hybridized carbons (Fsp3) is 0.953. The van der Waals surface area contributed by atoms with E-state index in [9.17, 15) is 19.5 Å². The molecule has 0 radical (unpaired) electrons. The van der Waals surface area contributed by atoms with Crippen LogP contribution in [0.5, 0.6) is 0 Å². The third-order valence-electron chi connectivity index (χ3n) is 15.3. The molecule has 73 heavy (non-hydrogen) atoms. The lowest BCUT2D eigenvalue weighted by molar-refractivity contribution is -0.146. The molecule has 0 aromatic carbocycles. The Hall–Kier alpha value is -1.71. The van der Waals surface area contributed by atoms with Crippen LogP contribution < -0.4 is 0 Å². The SMILES string of the molecule is CCCCCCCCCCOC(=O)CCCCCN(CCO)CCN(CCCCCC(=O)OCC(CCCCCC)CCCCCCCC)CCCCCC(=O)OCC(CCCCCC)CCCCCCCC. The van der Waals surface area contributed by atoms with Crippen molar-refractivity contribution in [3.05, 3.63) is 0 Å². The van der Waals surface area contributed by atoms with Gasteiger partial charge in [-0.25, -0.2) is 0 Å². The topological polar surface area (TPSA) is 106 Å². The Morgan fingerprint density at radius 2 is 0.589 bits per heavy atom. The number of carbonyl (C=O) groups excluding carboxylic acids is 3. The molecule has 0 saturated heterocycles. The van der Waals surface area contributed by atoms with Gasteiger partial charge in [0.25, 0.3) is 0 Å². The van der Waals surface area contributed by atoms with Crippen LogP contribution in [-0.4, -0.2) is 98.5 Å². The molecule has 434 valence electrons. The van der Waals surface area contributed by atoms with Crippen molar-refractivity contribution in [2.24, 2.45) is 11.8 Å². The Bertz CT molecular complexity index is 1100. The van der Waals surface area contributed by atoms with Crippen molar-refractivity contribution >= 4 is 17.9 Å². The van der Waals surface area contributed by atoms with E-state index in [-0.39, 0.29) is 24.5 Å². The Morgan fingerprint density at radius 3 is 0.932 bits per heavy atom. The fourth-order valence-electron chi connectivity index (χ4n) is 10.3. The molecule has 0 heterocycles. The summed E-state index contributed by atoms with van der Waals surface area (Å²) in [4.78, 5) is 43.1. The van der Waals surface area contributed by atoms with Crippen molar-refractivity contribution < 1.29 is 33.7 Å². The predicted octanol–water partition coefficient (Wildman–Crippen LogP) is 17.7. The van der Waals surface area contributed by atoms with Crippen LogP contribution in [0.3, 0.4) is 0 Å². The summed E-state index contributed by atoms with van der Waals surface area (Å²) < 4.78 is 17.3. The van der Waals surface area contributed by atoms with E-state index in [2.05, 4.69) is 44.4 Å². The van der Waals surface area contributed by atoms with E-state index < -0.39 is 0 Å². The van der Waals surface area contributed by atoms with Gasteiger partial charge in [0.05, 0.1) is 26.4 Å². The first-order chi connectivity index (χ1) is 35.8. The number of aliphatic hydroxyl groups excluding tert-OH is 1. The minimum absolute atomic E-state index is 0.0347. The van der Waals surface area contributed by atoms with Crippen LogP contribution in [0.2, 0.25) is 0 Å². The van der Waals surface area contributed by atoms with Gasteiger partial charge in [-0.1, -0.05) is 227 Å². The van der Waals surface area contributed by atoms with Crippen molar-refractivity contribution in [3.8, 4) is 0 Å². The zero-order chi connectivity index (χ0) is 53.3. The van der Waals surface area contributed by atoms with Gasteiger partial charge < -0.3 is 24.2 Å². The normalized spacial score (nSPS) is 12.5. The van der Waals surface area contributed by atoms with Crippen molar-refractivity contribution in [1.29, 1.82) is 0 Å². The summed E-state index contributed by atoms with van der Waals surface area (Å²) in [5.74, 6) is 0.847. The summed E-state index contributed by atoms with van der Waals surface area (Å²) in [6.45, 7) is 18.5. The van der Waals surface area contributed by atoms with Crippen LogP contribution in [0.15, 0.2) is 0 Å². The second-order valence-corrected chi connectivity index (χ2v) is 22.4. The highest BCUT2D eigenvalue weighted by Crippen LogP contribution is 2.22. The van der Waals surface area contributed by atoms with E-state index in [1.807, 2.05) is 0 Å². The molecular weight excluding hydrogens is 909 g/mol. The maximum absolute atomic E-state index is 12.9. The molecule has 0 aliphatic carbocycles. The van der Waals surface area contributed by atoms with Crippen molar-refractivity contribution in [2.75, 3.05) is 65.7 Å². The number of esters is 3. The van der Waals surface area contributed by atoms with Crippen molar-refractivity contribution in [1.82, 2.24) is 9.80 Å². The highest BCUT2D eigenvalue weighted by Gasteiger charge is 2.16. The van der Waals surface area contributed by atoms with Crippen LogP contribution in [0.4, 0.5) is 0 Å². The molecule has 9 heteroatoms. The summed E-state index contributed by atoms with van der Waals surface area (Å²) in [7, 11) is 0. The monoisotopic (exact) mass is 1030 g/mol. The first kappa shape index (κ1) is 71.3. The lowest BCUT2D eigenvalue weighted by atomic mass is 9.95. The maximum Gasteiger partial charge on any atom is 0.305 e. The Kier molecular flexibility index (Phi) is 56.6. The maximum atomic E-state index is 12.9. The third kappa shape index (κ3) is 52.1. The predicted molar refractivity (Wildman–Crippen MR) is 311 cm³/mol. The number of hydrogen-bond acceptors (Lipinski definition) is 9. The first-order valence-corrected chi connectivity index (χ1v) is 32.4. The molecule has 0 rings (SSSR count). The number of nitrogens with zero attached hydrogens (tertiary/aromatic N) is 2. The van der Waals surface area contributed by atoms with Gasteiger partial charge in [0.1, 0.15) is 0 Å². The van der Waals surface area contributed by atoms with Gasteiger partial charge in [-0.3, -0.25) is 19.3 Å². The summed E-state index contributed by atoms with van der Waals surface area (Å²) in [6, 6.07) is 0. The third-order valence-corrected chi connectivity index (χ3v) is 15.3. The van der Waals surface area contributed by atoms with Gasteiger partial charge in [0, 0.05) is 38.9 Å². The summed E-state index contributed by atoms with van der Waals surface area (Å²) in [5.41, 5.74) is 0. The highest BCUT2D eigenvalue weighted by atomic mass is 16.5. The lowest BCUT2D eigenvalue weighted by Crippen LogP contribution is -2.38. The molecule has 0 bridgehead atoms. The second kappa shape index (κ2) is 58.0. The van der Waals surface area contributed by atoms with E-state index in [1.165, 1.54) is 193 Å². The molecule has 0 saturated carbocycles. The molecule has 0 fully saturated rings. The summed E-state index contributed by atoms with van der Waals surface area (Å²) in [6.07, 6.45) is 50.4. The van der Waals surface area contributed by atoms with Crippen LogP contribution in [0.1, 0.15) is 317 Å². The molecule has 0 aliphatic rings. The van der Waals surface area contributed by atoms with Gasteiger partial charge in [-0.05, 0) is 102 Å². The minimum atomic E-state index is -0.0687. The Morgan fingerprint density at radius 1 is 0.315 bits per heavy atom. The van der Waals surface area contributed by atoms with E-state index in [0.29, 0.717) is 57.5 Å². The lowest BCUT2D eigenvalue weighted by Gasteiger charge is -2.27. The van der Waals surface area contributed by atoms with Gasteiger partial charge in [0.2, 0.25) is 0 Å². The molecule has 0 aliphatic heterocycles. The average Bonchev–Trinajstić information content (AvgIpc) is 3.39. The molecule has 9 nitrogen and oxygen atoms in total. The van der Waals surface area contributed by atoms with Crippen molar-refractivity contribution in [3.63, 3.8) is 0 Å². The molecular formula is C64H126N2O7. The minimum Gasteiger partial charge on any atom is -0.466 e. The number of ether oxygens (including phenoxy) is 3. The molecule has 1 N–H and O–H groups in total. The Labute approximate surface area is 454 Å². The Balaban J connectivity index is 5.06. The first-order valence-electron chi connectivity index (χ1n) is 32.4. The summed E-state index contributed by atoms with van der Waals surface area (Å²) in [5, 5.41) is 9.96. The molecule has 0 amide bonds. The molecule has 2 unspecified atom stereocenters. The quantitative estimate of drug-likeness (QED) is 0.0362. The fourth-order valence-corrected chi connectivity index (χ4v) is 10.3. The van der Waals surface area contributed by atoms with Crippen LogP contribution >= 0.6 is 0 Å². The number of hydrogen-bond donors (Lipinski definition) is 1. The highest BCUT2D eigenvalue weighted by molar-refractivity contribution is 5.69. The number of rotatable bonds is 60. The molecule has 2 atom stereocenters. The summed E-state index contributed by atoms with van der Waals surface area (Å²) >= 11 is 0. The smallest absolute Gasteiger partial charge is 0.305 e. The van der Waals surface area contributed by atoms with Crippen LogP contribution in [-0.2, 0) is 28.6 Å². The van der Waals surface area contributed by atoms with E-state index in [1.54, 1.807) is 0 Å². The zero-order valence-electron chi connectivity index (χ0n) is 49.6. The average molecular weight is 1040 g/mol. The van der Waals surface area contributed by atoms with Gasteiger partial charge in [0.15, 0.2) is 0 Å². The standard InChI is InChI=1S/C64H126N2O7/c1-6-11-16-21-24-25-28-42-57-71-62(68)47-36-29-41-52-66(55-56-67)54-53-65(50-39-30-37-48-63(69)72-58-60(43-32-19-14-9-4)45-34-26-22-17-12-7-2)51-40-31-38-49-64(70)73-59-61(44-33-20-15-10-5)46-35-27-23-18-13-8-3/h60-61,67H,6-59H2,1-5H3. The van der Waals surface area contributed by atoms with Gasteiger partial charge >= 0.3 is 17.9 Å². The molecule has 0 aromatic heterocycles. The number of unbranched alkanes of at least 4 members (excludes halogenated alkanes) is 29. The van der Waals surface area contributed by atoms with E-state index >= 15 is 0 Å². The van der Waals surface area contributed by atoms with E-state index in [4.69, 9.17) is 14.2 Å². The largest absolute Gasteiger partial charge is 0.466 e. The van der Waals surface area contributed by atoms with Crippen LogP contribution in [0.25, 0.3) is 0 Å². The van der Waals surface area contributed by atoms with E-state index in [0.717, 1.165) is 103 Å². The number of aliphatic hydroxyl groups is 1.